The first-order chi connectivity index (χ1) is 6.85. The Hall–Kier alpha value is -1.05. The Morgan fingerprint density at radius 1 is 1.64 bits per heavy atom. The van der Waals surface area contributed by atoms with Gasteiger partial charge in [-0.1, -0.05) is 12.5 Å². The van der Waals surface area contributed by atoms with Gasteiger partial charge in [0, 0.05) is 16.1 Å². The first-order valence-corrected chi connectivity index (χ1v) is 6.17. The zero-order valence-corrected chi connectivity index (χ0v) is 9.49. The molecule has 76 valence electrons. The first kappa shape index (κ1) is 12.9. The Balaban J connectivity index is 3.54. The van der Waals surface area contributed by atoms with Crippen LogP contribution in [0, 0.1) is 12.3 Å². The van der Waals surface area contributed by atoms with Crippen molar-refractivity contribution in [2.24, 2.45) is 10.7 Å². The second-order valence-electron chi connectivity index (χ2n) is 2.49. The van der Waals surface area contributed by atoms with E-state index in [9.17, 15) is 0 Å². The van der Waals surface area contributed by atoms with Gasteiger partial charge in [0.1, 0.15) is 5.71 Å². The molecular weight excluding hydrogens is 192 g/mol. The number of allylic oxidation sites excluding steroid dienone is 1. The number of terminal acetylenes is 1. The van der Waals surface area contributed by atoms with Gasteiger partial charge in [-0.25, -0.2) is 0 Å². The van der Waals surface area contributed by atoms with Crippen LogP contribution in [0.4, 0.5) is 0 Å². The number of hydrogen-bond acceptors (Lipinski definition) is 3. The average Bonchev–Trinajstić information content (AvgIpc) is 2.21. The summed E-state index contributed by atoms with van der Waals surface area (Å²) < 4.78 is 5.32. The monoisotopic (exact) mass is 208 g/mol. The van der Waals surface area contributed by atoms with Gasteiger partial charge in [0.25, 0.3) is 0 Å². The van der Waals surface area contributed by atoms with Gasteiger partial charge in [-0.2, -0.15) is 0 Å². The lowest BCUT2D eigenvalue weighted by molar-refractivity contribution is 0.156. The summed E-state index contributed by atoms with van der Waals surface area (Å²) in [7, 11) is 0.944. The number of nitrogens with zero attached hydrogens (tertiary/aromatic N) is 1. The Kier molecular flexibility index (Phi) is 9.28. The first-order valence-electron chi connectivity index (χ1n) is 4.46. The SMILES string of the molecule is C#CC(C=CN)=NCCOCC[Si]C. The van der Waals surface area contributed by atoms with Gasteiger partial charge in [0.2, 0.25) is 0 Å². The fraction of sp³-hybridized carbons (Fsp3) is 0.500. The molecule has 0 aliphatic carbocycles. The van der Waals surface area contributed by atoms with E-state index in [1.54, 1.807) is 6.08 Å². The van der Waals surface area contributed by atoms with E-state index >= 15 is 0 Å². The summed E-state index contributed by atoms with van der Waals surface area (Å²) in [4.78, 5) is 4.12. The number of nitrogens with two attached hydrogens (primary N) is 1. The number of hydrogen-bond donors (Lipinski definition) is 1. The zero-order chi connectivity index (χ0) is 10.6. The van der Waals surface area contributed by atoms with Gasteiger partial charge in [-0.3, -0.25) is 4.99 Å². The molecule has 0 aromatic heterocycles. The lowest BCUT2D eigenvalue weighted by atomic mass is 10.4. The fourth-order valence-electron chi connectivity index (χ4n) is 0.745. The zero-order valence-electron chi connectivity index (χ0n) is 8.49. The van der Waals surface area contributed by atoms with Crippen molar-refractivity contribution >= 4 is 15.2 Å². The summed E-state index contributed by atoms with van der Waals surface area (Å²) in [6.07, 6.45) is 8.19. The van der Waals surface area contributed by atoms with Gasteiger partial charge < -0.3 is 10.5 Å². The molecular formula is C10H16N2OSi. The number of aliphatic imine (C=N–C) groups is 1. The maximum Gasteiger partial charge on any atom is 0.108 e. The van der Waals surface area contributed by atoms with Crippen LogP contribution in [0.3, 0.4) is 0 Å². The molecule has 0 atom stereocenters. The van der Waals surface area contributed by atoms with Crippen LogP contribution in [-0.4, -0.2) is 35.0 Å². The lowest BCUT2D eigenvalue weighted by Crippen LogP contribution is -2.03. The van der Waals surface area contributed by atoms with Crippen LogP contribution in [0.5, 0.6) is 0 Å². The molecule has 0 amide bonds. The van der Waals surface area contributed by atoms with Gasteiger partial charge >= 0.3 is 0 Å². The summed E-state index contributed by atoms with van der Waals surface area (Å²) in [6, 6.07) is 1.12. The maximum absolute atomic E-state index is 5.32. The normalized spacial score (nSPS) is 11.9. The van der Waals surface area contributed by atoms with E-state index in [0.717, 1.165) is 22.2 Å². The minimum atomic E-state index is 0.563. The van der Waals surface area contributed by atoms with Crippen molar-refractivity contribution < 1.29 is 4.74 Å². The highest BCUT2D eigenvalue weighted by atomic mass is 28.2. The highest BCUT2D eigenvalue weighted by Crippen LogP contribution is 1.85. The van der Waals surface area contributed by atoms with E-state index in [2.05, 4.69) is 17.5 Å². The molecule has 0 heterocycles. The quantitative estimate of drug-likeness (QED) is 0.290. The molecule has 0 aromatic carbocycles. The van der Waals surface area contributed by atoms with Crippen molar-refractivity contribution in [3.63, 3.8) is 0 Å². The number of rotatable bonds is 7. The van der Waals surface area contributed by atoms with Gasteiger partial charge in [0.15, 0.2) is 0 Å². The highest BCUT2D eigenvalue weighted by molar-refractivity contribution is 6.33. The molecule has 0 aliphatic rings. The molecule has 0 spiro atoms. The summed E-state index contributed by atoms with van der Waals surface area (Å²) >= 11 is 0. The van der Waals surface area contributed by atoms with E-state index in [-0.39, 0.29) is 0 Å². The third-order valence-electron chi connectivity index (χ3n) is 1.42. The van der Waals surface area contributed by atoms with E-state index in [0.29, 0.717) is 18.9 Å². The molecule has 0 rings (SSSR count). The van der Waals surface area contributed by atoms with E-state index in [4.69, 9.17) is 16.9 Å². The van der Waals surface area contributed by atoms with Crippen LogP contribution in [-0.2, 0) is 4.74 Å². The summed E-state index contributed by atoms with van der Waals surface area (Å²) in [5.74, 6) is 2.43. The van der Waals surface area contributed by atoms with E-state index < -0.39 is 0 Å². The molecule has 0 fully saturated rings. The average molecular weight is 208 g/mol. The van der Waals surface area contributed by atoms with Crippen molar-refractivity contribution in [3.05, 3.63) is 12.3 Å². The molecule has 0 unspecified atom stereocenters. The summed E-state index contributed by atoms with van der Waals surface area (Å²) in [5.41, 5.74) is 5.75. The topological polar surface area (TPSA) is 47.6 Å². The summed E-state index contributed by atoms with van der Waals surface area (Å²) in [6.45, 7) is 4.18. The van der Waals surface area contributed by atoms with Crippen LogP contribution < -0.4 is 5.73 Å². The van der Waals surface area contributed by atoms with Crippen LogP contribution in [0.25, 0.3) is 0 Å². The van der Waals surface area contributed by atoms with Gasteiger partial charge in [-0.15, -0.1) is 6.42 Å². The molecule has 14 heavy (non-hydrogen) atoms. The van der Waals surface area contributed by atoms with Crippen molar-refractivity contribution in [3.8, 4) is 12.3 Å². The molecule has 2 N–H and O–H groups in total. The van der Waals surface area contributed by atoms with Crippen molar-refractivity contribution in [2.75, 3.05) is 19.8 Å². The van der Waals surface area contributed by atoms with Crippen molar-refractivity contribution in [1.82, 2.24) is 0 Å². The minimum Gasteiger partial charge on any atom is -0.405 e. The summed E-state index contributed by atoms with van der Waals surface area (Å²) in [5, 5.41) is 0. The molecule has 0 saturated heterocycles. The third kappa shape index (κ3) is 7.59. The second-order valence-corrected chi connectivity index (χ2v) is 3.69. The predicted molar refractivity (Wildman–Crippen MR) is 61.7 cm³/mol. The molecule has 0 bridgehead atoms. The minimum absolute atomic E-state index is 0.563. The Morgan fingerprint density at radius 3 is 3.00 bits per heavy atom. The van der Waals surface area contributed by atoms with Crippen LogP contribution in [0.1, 0.15) is 0 Å². The van der Waals surface area contributed by atoms with Crippen LogP contribution in [0.15, 0.2) is 17.3 Å². The lowest BCUT2D eigenvalue weighted by Gasteiger charge is -1.99. The molecule has 0 saturated carbocycles. The highest BCUT2D eigenvalue weighted by Gasteiger charge is 1.88. The van der Waals surface area contributed by atoms with Crippen LogP contribution in [0.2, 0.25) is 12.6 Å². The van der Waals surface area contributed by atoms with Crippen molar-refractivity contribution in [2.45, 2.75) is 12.6 Å². The molecule has 3 nitrogen and oxygen atoms in total. The Labute approximate surface area is 88.3 Å². The smallest absolute Gasteiger partial charge is 0.108 e. The molecule has 0 aliphatic heterocycles. The van der Waals surface area contributed by atoms with Gasteiger partial charge in [-0.05, 0) is 18.3 Å². The van der Waals surface area contributed by atoms with Gasteiger partial charge in [0.05, 0.1) is 13.2 Å². The van der Waals surface area contributed by atoms with Crippen LogP contribution >= 0.6 is 0 Å². The van der Waals surface area contributed by atoms with Crippen molar-refractivity contribution in [1.29, 1.82) is 0 Å². The molecule has 2 radical (unpaired) electrons. The fourth-order valence-corrected chi connectivity index (χ4v) is 1.09. The predicted octanol–water partition coefficient (Wildman–Crippen LogP) is 0.720. The second kappa shape index (κ2) is 10.0. The Morgan fingerprint density at radius 2 is 2.43 bits per heavy atom. The molecule has 4 heteroatoms. The third-order valence-corrected chi connectivity index (χ3v) is 2.12. The Bertz CT molecular complexity index is 231. The standard InChI is InChI=1S/C10H16N2OSi/c1-3-10(4-5-11)12-6-7-13-8-9-14-2/h1,4-5H,6-9,11H2,2H3. The van der Waals surface area contributed by atoms with E-state index in [1.807, 2.05) is 0 Å². The maximum atomic E-state index is 5.32. The largest absolute Gasteiger partial charge is 0.405 e. The molecule has 0 aromatic rings. The number of ether oxygens (including phenoxy) is 1. The van der Waals surface area contributed by atoms with E-state index in [1.165, 1.54) is 6.20 Å².